The molecule has 0 fully saturated rings. The van der Waals surface area contributed by atoms with E-state index < -0.39 is 23.3 Å². The molecule has 0 aromatic carbocycles. The molecule has 5 heteroatoms. The maximum Gasteiger partial charge on any atom is 0.454 e. The lowest BCUT2D eigenvalue weighted by atomic mass is 10.0. The van der Waals surface area contributed by atoms with E-state index in [1.165, 1.54) is 6.08 Å². The van der Waals surface area contributed by atoms with Crippen LogP contribution in [0.5, 0.6) is 0 Å². The van der Waals surface area contributed by atoms with Gasteiger partial charge in [-0.15, -0.1) is 0 Å². The lowest BCUT2D eigenvalue weighted by molar-refractivity contribution is -0.166. The molecule has 0 aliphatic heterocycles. The number of alkyl halides is 3. The second kappa shape index (κ2) is 3.84. The molecule has 0 saturated carbocycles. The van der Waals surface area contributed by atoms with Crippen molar-refractivity contribution in [1.82, 2.24) is 0 Å². The van der Waals surface area contributed by atoms with Gasteiger partial charge in [0.15, 0.2) is 5.78 Å². The standard InChI is InChI=1S/C10H7F3O2/c1-6(9(15)10(11,12)13)8(14)7-4-2-3-5-7/h2-4H,1,5H2. The van der Waals surface area contributed by atoms with Gasteiger partial charge >= 0.3 is 6.18 Å². The minimum Gasteiger partial charge on any atom is -0.289 e. The molecule has 0 unspecified atom stereocenters. The summed E-state index contributed by atoms with van der Waals surface area (Å²) in [7, 11) is 0. The van der Waals surface area contributed by atoms with Crippen molar-refractivity contribution in [3.8, 4) is 0 Å². The van der Waals surface area contributed by atoms with Gasteiger partial charge < -0.3 is 0 Å². The highest BCUT2D eigenvalue weighted by Gasteiger charge is 2.42. The molecule has 0 saturated heterocycles. The van der Waals surface area contributed by atoms with Crippen molar-refractivity contribution in [1.29, 1.82) is 0 Å². The van der Waals surface area contributed by atoms with Crippen molar-refractivity contribution >= 4 is 11.6 Å². The maximum atomic E-state index is 11.9. The van der Waals surface area contributed by atoms with Crippen LogP contribution < -0.4 is 0 Å². The van der Waals surface area contributed by atoms with E-state index in [1.807, 2.05) is 0 Å². The summed E-state index contributed by atoms with van der Waals surface area (Å²) in [5, 5.41) is 0. The van der Waals surface area contributed by atoms with Crippen LogP contribution in [0, 0.1) is 0 Å². The van der Waals surface area contributed by atoms with Gasteiger partial charge in [-0.2, -0.15) is 13.2 Å². The lowest BCUT2D eigenvalue weighted by Gasteiger charge is -2.07. The minimum atomic E-state index is -5.04. The number of halogens is 3. The Hall–Kier alpha value is -1.65. The van der Waals surface area contributed by atoms with Gasteiger partial charge in [0.2, 0.25) is 0 Å². The Morgan fingerprint density at radius 1 is 1.33 bits per heavy atom. The van der Waals surface area contributed by atoms with Gasteiger partial charge in [0, 0.05) is 5.57 Å². The van der Waals surface area contributed by atoms with Crippen LogP contribution in [0.3, 0.4) is 0 Å². The molecule has 1 rings (SSSR count). The predicted octanol–water partition coefficient (Wildman–Crippen LogP) is 2.13. The number of carbonyl (C=O) groups is 2. The van der Waals surface area contributed by atoms with Crippen LogP contribution >= 0.6 is 0 Å². The van der Waals surface area contributed by atoms with E-state index in [9.17, 15) is 22.8 Å². The molecule has 2 nitrogen and oxygen atoms in total. The lowest BCUT2D eigenvalue weighted by Crippen LogP contribution is -2.28. The first-order valence-corrected chi connectivity index (χ1v) is 4.05. The SMILES string of the molecule is C=C(C(=O)C1=CC=CC1)C(=O)C(F)(F)F. The smallest absolute Gasteiger partial charge is 0.289 e. The topological polar surface area (TPSA) is 34.1 Å². The quantitative estimate of drug-likeness (QED) is 0.411. The monoisotopic (exact) mass is 216 g/mol. The van der Waals surface area contributed by atoms with Crippen LogP contribution in [0.4, 0.5) is 13.2 Å². The highest BCUT2D eigenvalue weighted by atomic mass is 19.4. The van der Waals surface area contributed by atoms with E-state index in [2.05, 4.69) is 6.58 Å². The molecule has 15 heavy (non-hydrogen) atoms. The van der Waals surface area contributed by atoms with Gasteiger partial charge in [-0.1, -0.05) is 24.8 Å². The predicted molar refractivity (Wildman–Crippen MR) is 47.0 cm³/mol. The van der Waals surface area contributed by atoms with E-state index in [0.717, 1.165) is 0 Å². The second-order valence-corrected chi connectivity index (χ2v) is 2.96. The van der Waals surface area contributed by atoms with E-state index in [4.69, 9.17) is 0 Å². The highest BCUT2D eigenvalue weighted by molar-refractivity contribution is 6.27. The Balaban J connectivity index is 2.78. The van der Waals surface area contributed by atoms with Gasteiger partial charge in [-0.05, 0) is 6.42 Å². The van der Waals surface area contributed by atoms with Gasteiger partial charge in [0.1, 0.15) is 0 Å². The van der Waals surface area contributed by atoms with Gasteiger partial charge in [0.25, 0.3) is 5.78 Å². The van der Waals surface area contributed by atoms with Crippen LogP contribution in [0.2, 0.25) is 0 Å². The summed E-state index contributed by atoms with van der Waals surface area (Å²) in [6.45, 7) is 2.88. The molecule has 0 aromatic heterocycles. The second-order valence-electron chi connectivity index (χ2n) is 2.96. The molecule has 1 aliphatic rings. The van der Waals surface area contributed by atoms with Crippen LogP contribution in [0.1, 0.15) is 6.42 Å². The van der Waals surface area contributed by atoms with Gasteiger partial charge in [0.05, 0.1) is 5.57 Å². The molecule has 0 radical (unpaired) electrons. The summed E-state index contributed by atoms with van der Waals surface area (Å²) < 4.78 is 35.8. The fraction of sp³-hybridized carbons (Fsp3) is 0.200. The fourth-order valence-electron chi connectivity index (χ4n) is 1.08. The van der Waals surface area contributed by atoms with E-state index in [0.29, 0.717) is 0 Å². The molecular formula is C10H7F3O2. The van der Waals surface area contributed by atoms with Crippen LogP contribution in [0.25, 0.3) is 0 Å². The van der Waals surface area contributed by atoms with E-state index in [1.54, 1.807) is 12.2 Å². The zero-order valence-corrected chi connectivity index (χ0v) is 7.60. The van der Waals surface area contributed by atoms with Crippen LogP contribution in [-0.2, 0) is 9.59 Å². The number of carbonyl (C=O) groups excluding carboxylic acids is 2. The number of ketones is 2. The Labute approximate surface area is 83.8 Å². The molecular weight excluding hydrogens is 209 g/mol. The average molecular weight is 216 g/mol. The maximum absolute atomic E-state index is 11.9. The molecule has 0 bridgehead atoms. The van der Waals surface area contributed by atoms with Crippen molar-refractivity contribution in [3.63, 3.8) is 0 Å². The summed E-state index contributed by atoms with van der Waals surface area (Å²) in [6, 6.07) is 0. The zero-order chi connectivity index (χ0) is 11.6. The van der Waals surface area contributed by atoms with Crippen molar-refractivity contribution < 1.29 is 22.8 Å². The van der Waals surface area contributed by atoms with Crippen molar-refractivity contribution in [2.45, 2.75) is 12.6 Å². The van der Waals surface area contributed by atoms with Crippen molar-refractivity contribution in [2.24, 2.45) is 0 Å². The molecule has 0 heterocycles. The number of rotatable bonds is 3. The zero-order valence-electron chi connectivity index (χ0n) is 7.60. The fourth-order valence-corrected chi connectivity index (χ4v) is 1.08. The van der Waals surface area contributed by atoms with Crippen molar-refractivity contribution in [3.05, 3.63) is 36.0 Å². The molecule has 80 valence electrons. The summed E-state index contributed by atoms with van der Waals surface area (Å²) in [5.41, 5.74) is -0.880. The number of Topliss-reactive ketones (excluding diaryl/α,β-unsaturated/α-hetero) is 2. The summed E-state index contributed by atoms with van der Waals surface area (Å²) >= 11 is 0. The third-order valence-electron chi connectivity index (χ3n) is 1.87. The Morgan fingerprint density at radius 3 is 2.33 bits per heavy atom. The number of allylic oxidation sites excluding steroid dienone is 5. The first-order valence-electron chi connectivity index (χ1n) is 4.05. The summed E-state index contributed by atoms with van der Waals surface area (Å²) in [6.07, 6.45) is -0.281. The molecule has 0 spiro atoms. The first-order chi connectivity index (χ1) is 6.84. The average Bonchev–Trinajstić information content (AvgIpc) is 2.65. The summed E-state index contributed by atoms with van der Waals surface area (Å²) in [4.78, 5) is 22.0. The largest absolute Gasteiger partial charge is 0.454 e. The first kappa shape index (κ1) is 11.4. The third-order valence-corrected chi connectivity index (χ3v) is 1.87. The number of hydrogen-bond donors (Lipinski definition) is 0. The number of hydrogen-bond acceptors (Lipinski definition) is 2. The van der Waals surface area contributed by atoms with E-state index >= 15 is 0 Å². The Kier molecular flexibility index (Phi) is 2.93. The van der Waals surface area contributed by atoms with Gasteiger partial charge in [-0.25, -0.2) is 0 Å². The van der Waals surface area contributed by atoms with Gasteiger partial charge in [-0.3, -0.25) is 9.59 Å². The van der Waals surface area contributed by atoms with Crippen LogP contribution in [0.15, 0.2) is 36.0 Å². The molecule has 0 aromatic rings. The molecule has 0 amide bonds. The minimum absolute atomic E-state index is 0.151. The Morgan fingerprint density at radius 2 is 1.93 bits per heavy atom. The molecule has 0 atom stereocenters. The summed E-state index contributed by atoms with van der Waals surface area (Å²) in [5.74, 6) is -3.12. The Bertz CT molecular complexity index is 386. The third kappa shape index (κ3) is 2.43. The highest BCUT2D eigenvalue weighted by Crippen LogP contribution is 2.23. The molecule has 1 aliphatic carbocycles. The normalized spacial score (nSPS) is 15.0. The molecule has 0 N–H and O–H groups in total. The van der Waals surface area contributed by atoms with Crippen molar-refractivity contribution in [2.75, 3.05) is 0 Å². The van der Waals surface area contributed by atoms with E-state index in [-0.39, 0.29) is 12.0 Å². The van der Waals surface area contributed by atoms with Crippen LogP contribution in [-0.4, -0.2) is 17.7 Å².